The van der Waals surface area contributed by atoms with Crippen LogP contribution in [0, 0.1) is 0 Å². The van der Waals surface area contributed by atoms with Crippen LogP contribution in [0.25, 0.3) is 11.1 Å². The van der Waals surface area contributed by atoms with Gasteiger partial charge in [-0.3, -0.25) is 4.79 Å². The molecule has 1 atom stereocenters. The van der Waals surface area contributed by atoms with Crippen LogP contribution in [0.3, 0.4) is 0 Å². The number of rotatable bonds is 7. The van der Waals surface area contributed by atoms with Crippen molar-refractivity contribution in [3.05, 3.63) is 29.7 Å². The van der Waals surface area contributed by atoms with Crippen LogP contribution in [0.15, 0.2) is 22.6 Å². The van der Waals surface area contributed by atoms with E-state index in [1.165, 1.54) is 26.4 Å². The predicted molar refractivity (Wildman–Crippen MR) is 106 cm³/mol. The summed E-state index contributed by atoms with van der Waals surface area (Å²) >= 11 is 1.62. The van der Waals surface area contributed by atoms with Gasteiger partial charge in [-0.2, -0.15) is 11.8 Å². The smallest absolute Gasteiger partial charge is 0.328 e. The van der Waals surface area contributed by atoms with E-state index in [4.69, 9.17) is 9.15 Å². The maximum atomic E-state index is 12.6. The normalized spacial score (nSPS) is 16.2. The topological polar surface area (TPSA) is 81.4 Å². The highest BCUT2D eigenvalue weighted by molar-refractivity contribution is 7.98. The van der Waals surface area contributed by atoms with Crippen molar-refractivity contribution in [1.82, 2.24) is 10.3 Å². The fourth-order valence-corrected chi connectivity index (χ4v) is 3.95. The van der Waals surface area contributed by atoms with Gasteiger partial charge >= 0.3 is 5.97 Å². The summed E-state index contributed by atoms with van der Waals surface area (Å²) in [5.41, 5.74) is 1.83. The van der Waals surface area contributed by atoms with Gasteiger partial charge in [0.25, 0.3) is 5.91 Å². The van der Waals surface area contributed by atoms with Crippen molar-refractivity contribution in [1.29, 1.82) is 0 Å². The number of amides is 1. The van der Waals surface area contributed by atoms with Crippen molar-refractivity contribution in [2.75, 3.05) is 19.1 Å². The molecule has 1 amide bonds. The Balaban J connectivity index is 1.74. The molecule has 2 aromatic rings. The zero-order chi connectivity index (χ0) is 19.2. The molecule has 1 aromatic carbocycles. The summed E-state index contributed by atoms with van der Waals surface area (Å²) in [6.07, 6.45) is 8.39. The third-order valence-corrected chi connectivity index (χ3v) is 5.67. The number of ether oxygens (including phenoxy) is 1. The lowest BCUT2D eigenvalue weighted by atomic mass is 9.89. The quantitative estimate of drug-likeness (QED) is 0.722. The second-order valence-corrected chi connectivity index (χ2v) is 7.89. The largest absolute Gasteiger partial charge is 0.467 e. The molecule has 1 aromatic heterocycles. The lowest BCUT2D eigenvalue weighted by Gasteiger charge is -2.17. The third-order valence-electron chi connectivity index (χ3n) is 5.02. The molecule has 1 saturated carbocycles. The van der Waals surface area contributed by atoms with E-state index in [0.717, 1.165) is 30.0 Å². The third kappa shape index (κ3) is 4.83. The Morgan fingerprint density at radius 1 is 1.33 bits per heavy atom. The van der Waals surface area contributed by atoms with Gasteiger partial charge in [-0.1, -0.05) is 19.3 Å². The monoisotopic (exact) mass is 390 g/mol. The average Bonchev–Trinajstić information content (AvgIpc) is 3.14. The van der Waals surface area contributed by atoms with Gasteiger partial charge in [0, 0.05) is 11.5 Å². The van der Waals surface area contributed by atoms with E-state index in [1.54, 1.807) is 30.0 Å². The lowest BCUT2D eigenvalue weighted by molar-refractivity contribution is -0.142. The highest BCUT2D eigenvalue weighted by Crippen LogP contribution is 2.33. The Hall–Kier alpha value is -2.02. The summed E-state index contributed by atoms with van der Waals surface area (Å²) in [4.78, 5) is 29.1. The molecular weight excluding hydrogens is 364 g/mol. The maximum absolute atomic E-state index is 12.6. The zero-order valence-corrected chi connectivity index (χ0v) is 16.6. The first kappa shape index (κ1) is 19.7. The molecule has 27 heavy (non-hydrogen) atoms. The Labute approximate surface area is 163 Å². The molecule has 0 spiro atoms. The highest BCUT2D eigenvalue weighted by atomic mass is 32.2. The minimum absolute atomic E-state index is 0.316. The van der Waals surface area contributed by atoms with E-state index >= 15 is 0 Å². The molecule has 1 N–H and O–H groups in total. The number of carbonyl (C=O) groups is 2. The SMILES string of the molecule is COC(=O)C(CCSC)NC(=O)c1ccc2nc(C3CCCCC3)oc2c1. The first-order valence-electron chi connectivity index (χ1n) is 9.40. The molecule has 0 aliphatic heterocycles. The van der Waals surface area contributed by atoms with Crippen LogP contribution in [0.4, 0.5) is 0 Å². The molecule has 1 unspecified atom stereocenters. The Morgan fingerprint density at radius 3 is 2.81 bits per heavy atom. The summed E-state index contributed by atoms with van der Waals surface area (Å²) in [5, 5.41) is 2.76. The van der Waals surface area contributed by atoms with Gasteiger partial charge in [0.15, 0.2) is 11.5 Å². The molecule has 6 nitrogen and oxygen atoms in total. The van der Waals surface area contributed by atoms with E-state index in [0.29, 0.717) is 23.5 Å². The van der Waals surface area contributed by atoms with Gasteiger partial charge in [0.1, 0.15) is 11.6 Å². The zero-order valence-electron chi connectivity index (χ0n) is 15.8. The Bertz CT molecular complexity index is 798. The molecule has 146 valence electrons. The number of hydrogen-bond donors (Lipinski definition) is 1. The molecule has 1 aliphatic carbocycles. The summed E-state index contributed by atoms with van der Waals surface area (Å²) < 4.78 is 10.7. The number of thioether (sulfide) groups is 1. The summed E-state index contributed by atoms with van der Waals surface area (Å²) in [7, 11) is 1.33. The number of methoxy groups -OCH3 is 1. The number of aromatic nitrogens is 1. The van der Waals surface area contributed by atoms with Gasteiger partial charge in [-0.15, -0.1) is 0 Å². The van der Waals surface area contributed by atoms with Crippen molar-refractivity contribution >= 4 is 34.7 Å². The van der Waals surface area contributed by atoms with Crippen molar-refractivity contribution in [3.63, 3.8) is 0 Å². The lowest BCUT2D eigenvalue weighted by Crippen LogP contribution is -2.41. The van der Waals surface area contributed by atoms with Gasteiger partial charge in [0.2, 0.25) is 0 Å². The Morgan fingerprint density at radius 2 is 2.11 bits per heavy atom. The summed E-state index contributed by atoms with van der Waals surface area (Å²) in [5.74, 6) is 1.15. The number of esters is 1. The minimum atomic E-state index is -0.654. The van der Waals surface area contributed by atoms with Crippen LogP contribution in [-0.2, 0) is 9.53 Å². The van der Waals surface area contributed by atoms with E-state index in [9.17, 15) is 9.59 Å². The molecule has 0 radical (unpaired) electrons. The van der Waals surface area contributed by atoms with Crippen LogP contribution in [-0.4, -0.2) is 42.0 Å². The van der Waals surface area contributed by atoms with Crippen molar-refractivity contribution in [2.45, 2.75) is 50.5 Å². The molecule has 3 rings (SSSR count). The maximum Gasteiger partial charge on any atom is 0.328 e. The molecule has 0 saturated heterocycles. The van der Waals surface area contributed by atoms with Crippen molar-refractivity contribution in [2.24, 2.45) is 0 Å². The van der Waals surface area contributed by atoms with Gasteiger partial charge in [-0.05, 0) is 49.5 Å². The van der Waals surface area contributed by atoms with Crippen LogP contribution in [0.5, 0.6) is 0 Å². The Kier molecular flexibility index (Phi) is 6.77. The standard InChI is InChI=1S/C20H26N2O4S/c1-25-20(24)16(10-11-27-2)21-18(23)14-8-9-15-17(12-14)26-19(22-15)13-6-4-3-5-7-13/h8-9,12-13,16H,3-7,10-11H2,1-2H3,(H,21,23). The fourth-order valence-electron chi connectivity index (χ4n) is 3.48. The molecule has 1 aliphatic rings. The minimum Gasteiger partial charge on any atom is -0.467 e. The second-order valence-electron chi connectivity index (χ2n) is 6.90. The highest BCUT2D eigenvalue weighted by Gasteiger charge is 2.23. The number of hydrogen-bond acceptors (Lipinski definition) is 6. The van der Waals surface area contributed by atoms with E-state index in [1.807, 2.05) is 6.26 Å². The summed E-state index contributed by atoms with van der Waals surface area (Å²) in [6, 6.07) is 4.56. The van der Waals surface area contributed by atoms with Gasteiger partial charge in [-0.25, -0.2) is 9.78 Å². The van der Waals surface area contributed by atoms with Crippen molar-refractivity contribution in [3.8, 4) is 0 Å². The molecule has 0 bridgehead atoms. The number of oxazole rings is 1. The van der Waals surface area contributed by atoms with E-state index in [-0.39, 0.29) is 5.91 Å². The molecule has 7 heteroatoms. The second kappa shape index (κ2) is 9.26. The van der Waals surface area contributed by atoms with Crippen LogP contribution >= 0.6 is 11.8 Å². The number of nitrogens with zero attached hydrogens (tertiary/aromatic N) is 1. The van der Waals surface area contributed by atoms with E-state index < -0.39 is 12.0 Å². The van der Waals surface area contributed by atoms with Crippen LogP contribution < -0.4 is 5.32 Å². The molecular formula is C20H26N2O4S. The van der Waals surface area contributed by atoms with Gasteiger partial charge < -0.3 is 14.5 Å². The number of benzene rings is 1. The molecule has 1 fully saturated rings. The summed E-state index contributed by atoms with van der Waals surface area (Å²) in [6.45, 7) is 0. The average molecular weight is 391 g/mol. The van der Waals surface area contributed by atoms with Gasteiger partial charge in [0.05, 0.1) is 7.11 Å². The van der Waals surface area contributed by atoms with Crippen LogP contribution in [0.1, 0.15) is 60.7 Å². The number of carbonyl (C=O) groups excluding carboxylic acids is 2. The fraction of sp³-hybridized carbons (Fsp3) is 0.550. The number of fused-ring (bicyclic) bond motifs is 1. The predicted octanol–water partition coefficient (Wildman–Crippen LogP) is 3.90. The van der Waals surface area contributed by atoms with Crippen molar-refractivity contribution < 1.29 is 18.7 Å². The van der Waals surface area contributed by atoms with Crippen LogP contribution in [0.2, 0.25) is 0 Å². The molecule has 1 heterocycles. The first-order chi connectivity index (χ1) is 13.1. The number of nitrogens with one attached hydrogen (secondary N) is 1. The van der Waals surface area contributed by atoms with E-state index in [2.05, 4.69) is 10.3 Å². The first-order valence-corrected chi connectivity index (χ1v) is 10.8.